The number of hydrogen-bond acceptors (Lipinski definition) is 10. The van der Waals surface area contributed by atoms with Crippen LogP contribution in [0.15, 0.2) is 77.9 Å². The summed E-state index contributed by atoms with van der Waals surface area (Å²) in [6.45, 7) is 6.46. The number of allylic oxidation sites excluding steroid dienone is 2. The molecule has 11 heteroatoms. The van der Waals surface area contributed by atoms with Crippen molar-refractivity contribution in [3.05, 3.63) is 83.4 Å². The van der Waals surface area contributed by atoms with Crippen LogP contribution < -0.4 is 0 Å². The van der Waals surface area contributed by atoms with Gasteiger partial charge >= 0.3 is 5.97 Å². The first-order chi connectivity index (χ1) is 20.4. The highest BCUT2D eigenvalue weighted by molar-refractivity contribution is 5.89. The number of rotatable bonds is 14. The molecule has 0 radical (unpaired) electrons. The van der Waals surface area contributed by atoms with Crippen molar-refractivity contribution >= 4 is 5.97 Å². The molecule has 1 aromatic rings. The van der Waals surface area contributed by atoms with Crippen molar-refractivity contribution in [1.82, 2.24) is 0 Å². The molecule has 0 bridgehead atoms. The summed E-state index contributed by atoms with van der Waals surface area (Å²) in [5, 5.41) is 30.3. The molecule has 10 nitrogen and oxygen atoms in total. The Hall–Kier alpha value is -2.90. The van der Waals surface area contributed by atoms with Crippen molar-refractivity contribution in [2.24, 2.45) is 11.8 Å². The average molecular weight is 607 g/mol. The molecule has 0 saturated carbocycles. The fraction of sp³-hybridized carbons (Fsp3) is 0.531. The summed E-state index contributed by atoms with van der Waals surface area (Å²) >= 11 is 0. The van der Waals surface area contributed by atoms with Crippen molar-refractivity contribution in [2.75, 3.05) is 21.0 Å². The summed E-state index contributed by atoms with van der Waals surface area (Å²) in [5.74, 6) is -3.60. The van der Waals surface area contributed by atoms with Gasteiger partial charge in [0.1, 0.15) is 24.5 Å². The molecule has 1 heterocycles. The number of methoxy groups -OCH3 is 2. The summed E-state index contributed by atoms with van der Waals surface area (Å²) in [6.07, 6.45) is 1.49. The molecule has 2 aliphatic rings. The molecule has 3 N–H and O–H groups in total. The van der Waals surface area contributed by atoms with Crippen LogP contribution in [0.5, 0.6) is 0 Å². The van der Waals surface area contributed by atoms with Gasteiger partial charge in [-0.3, -0.25) is 0 Å². The molecule has 1 aliphatic carbocycles. The molecule has 1 fully saturated rings. The third-order valence-corrected chi connectivity index (χ3v) is 7.21. The Balaban J connectivity index is 1.90. The van der Waals surface area contributed by atoms with Crippen LogP contribution in [-0.4, -0.2) is 84.9 Å². The molecule has 1 aromatic carbocycles. The first kappa shape index (κ1) is 34.6. The lowest BCUT2D eigenvalue weighted by molar-refractivity contribution is -0.154. The Kier molecular flexibility index (Phi) is 12.6. The van der Waals surface area contributed by atoms with Crippen LogP contribution in [-0.2, 0) is 28.4 Å². The van der Waals surface area contributed by atoms with Crippen molar-refractivity contribution < 1.29 is 52.9 Å². The zero-order valence-corrected chi connectivity index (χ0v) is 25.4. The quantitative estimate of drug-likeness (QED) is 0.211. The SMILES string of the molecule is COCOC1C=C(OC)C=C(/C=C/C[C@@H]2OC(C)(C)O[C@@H]2C(OC(=O)c2ccccc2)/C(F)=C\[C@H](C)[C@H](C)O)[C@@H]1C(O)O. The van der Waals surface area contributed by atoms with E-state index in [1.165, 1.54) is 27.2 Å². The summed E-state index contributed by atoms with van der Waals surface area (Å²) in [5.41, 5.74) is 0.748. The first-order valence-electron chi connectivity index (χ1n) is 14.1. The first-order valence-corrected chi connectivity index (χ1v) is 14.1. The van der Waals surface area contributed by atoms with Crippen LogP contribution in [0.4, 0.5) is 4.39 Å². The highest BCUT2D eigenvalue weighted by Gasteiger charge is 2.48. The molecule has 43 heavy (non-hydrogen) atoms. The number of aliphatic hydroxyl groups is 3. The van der Waals surface area contributed by atoms with Crippen LogP contribution in [0.3, 0.4) is 0 Å². The number of carbonyl (C=O) groups excluding carboxylic acids is 1. The van der Waals surface area contributed by atoms with Crippen molar-refractivity contribution in [1.29, 1.82) is 0 Å². The van der Waals surface area contributed by atoms with Crippen molar-refractivity contribution in [2.45, 2.75) is 76.7 Å². The number of hydrogen-bond donors (Lipinski definition) is 3. The van der Waals surface area contributed by atoms with E-state index in [4.69, 9.17) is 28.4 Å². The standard InChI is InChI=1S/C32H43FO10/c1-19(20(2)34)15-24(33)28(41-31(37)21-11-8-7-9-12-21)29-25(42-32(3,4)43-29)14-10-13-22-16-23(39-6)17-26(40-18-38-5)27(22)30(35)36/h7-13,15-17,19-20,25-30,34-36H,14,18H2,1-6H3/b13-10+,24-15+/t19-,20-,25-,26?,27-,28?,29-/m0/s1. The molecule has 3 rings (SSSR count). The number of aliphatic hydroxyl groups excluding tert-OH is 2. The van der Waals surface area contributed by atoms with Gasteiger partial charge in [0.15, 0.2) is 18.2 Å². The molecule has 1 aliphatic heterocycles. The van der Waals surface area contributed by atoms with Crippen LogP contribution >= 0.6 is 0 Å². The Morgan fingerprint density at radius 3 is 2.42 bits per heavy atom. The minimum Gasteiger partial charge on any atom is -0.497 e. The van der Waals surface area contributed by atoms with E-state index in [1.54, 1.807) is 75.4 Å². The van der Waals surface area contributed by atoms with Crippen LogP contribution in [0, 0.1) is 11.8 Å². The van der Waals surface area contributed by atoms with E-state index in [0.717, 1.165) is 0 Å². The lowest BCUT2D eigenvalue weighted by Crippen LogP contribution is -2.39. The van der Waals surface area contributed by atoms with E-state index in [-0.39, 0.29) is 18.8 Å². The maximum absolute atomic E-state index is 15.8. The van der Waals surface area contributed by atoms with Gasteiger partial charge in [-0.1, -0.05) is 37.3 Å². The van der Waals surface area contributed by atoms with Gasteiger partial charge in [-0.15, -0.1) is 0 Å². The molecule has 1 saturated heterocycles. The molecule has 0 aromatic heterocycles. The minimum atomic E-state index is -1.75. The summed E-state index contributed by atoms with van der Waals surface area (Å²) < 4.78 is 49.7. The highest BCUT2D eigenvalue weighted by Crippen LogP contribution is 2.37. The lowest BCUT2D eigenvalue weighted by Gasteiger charge is -2.31. The van der Waals surface area contributed by atoms with Gasteiger partial charge < -0.3 is 43.7 Å². The van der Waals surface area contributed by atoms with E-state index >= 15 is 4.39 Å². The minimum absolute atomic E-state index is 0.0712. The fourth-order valence-electron chi connectivity index (χ4n) is 4.85. The number of ether oxygens (including phenoxy) is 6. The van der Waals surface area contributed by atoms with Crippen LogP contribution in [0.25, 0.3) is 0 Å². The van der Waals surface area contributed by atoms with E-state index in [0.29, 0.717) is 11.3 Å². The Morgan fingerprint density at radius 2 is 1.81 bits per heavy atom. The second kappa shape index (κ2) is 15.7. The molecule has 238 valence electrons. The highest BCUT2D eigenvalue weighted by atomic mass is 19.1. The molecular weight excluding hydrogens is 563 g/mol. The van der Waals surface area contributed by atoms with Gasteiger partial charge in [0.2, 0.25) is 0 Å². The molecule has 2 unspecified atom stereocenters. The van der Waals surface area contributed by atoms with Gasteiger partial charge in [0.25, 0.3) is 0 Å². The average Bonchev–Trinajstić information content (AvgIpc) is 3.27. The van der Waals surface area contributed by atoms with E-state index in [2.05, 4.69) is 0 Å². The Morgan fingerprint density at radius 1 is 1.12 bits per heavy atom. The molecule has 0 amide bonds. The third kappa shape index (κ3) is 9.54. The Bertz CT molecular complexity index is 1170. The monoisotopic (exact) mass is 606 g/mol. The second-order valence-corrected chi connectivity index (χ2v) is 11.0. The predicted octanol–water partition coefficient (Wildman–Crippen LogP) is 3.94. The van der Waals surface area contributed by atoms with Gasteiger partial charge in [0, 0.05) is 13.0 Å². The topological polar surface area (TPSA) is 133 Å². The maximum atomic E-state index is 15.8. The number of benzene rings is 1. The zero-order valence-electron chi connectivity index (χ0n) is 25.4. The molecular formula is C32H43FO10. The normalized spacial score (nSPS) is 26.2. The van der Waals surface area contributed by atoms with E-state index in [1.807, 2.05) is 0 Å². The van der Waals surface area contributed by atoms with Crippen LogP contribution in [0.2, 0.25) is 0 Å². The summed E-state index contributed by atoms with van der Waals surface area (Å²) in [4.78, 5) is 13.0. The van der Waals surface area contributed by atoms with E-state index in [9.17, 15) is 20.1 Å². The van der Waals surface area contributed by atoms with Crippen molar-refractivity contribution in [3.8, 4) is 0 Å². The van der Waals surface area contributed by atoms with Crippen LogP contribution in [0.1, 0.15) is 44.5 Å². The van der Waals surface area contributed by atoms with Gasteiger partial charge in [-0.2, -0.15) is 0 Å². The van der Waals surface area contributed by atoms with Crippen molar-refractivity contribution in [3.63, 3.8) is 0 Å². The maximum Gasteiger partial charge on any atom is 0.338 e. The smallest absolute Gasteiger partial charge is 0.338 e. The third-order valence-electron chi connectivity index (χ3n) is 7.21. The largest absolute Gasteiger partial charge is 0.497 e. The number of halogens is 1. The lowest BCUT2D eigenvalue weighted by atomic mass is 9.87. The molecule has 7 atom stereocenters. The molecule has 0 spiro atoms. The predicted molar refractivity (Wildman–Crippen MR) is 155 cm³/mol. The fourth-order valence-corrected chi connectivity index (χ4v) is 4.85. The van der Waals surface area contributed by atoms with Gasteiger partial charge in [0.05, 0.1) is 36.9 Å². The summed E-state index contributed by atoms with van der Waals surface area (Å²) in [7, 11) is 2.94. The Labute approximate surface area is 252 Å². The van der Waals surface area contributed by atoms with E-state index < -0.39 is 66.2 Å². The zero-order chi connectivity index (χ0) is 31.7. The number of esters is 1. The van der Waals surface area contributed by atoms with Gasteiger partial charge in [-0.25, -0.2) is 9.18 Å². The number of carbonyl (C=O) groups is 1. The van der Waals surface area contributed by atoms with Gasteiger partial charge in [-0.05, 0) is 63.1 Å². The summed E-state index contributed by atoms with van der Waals surface area (Å²) in [6, 6.07) is 8.21. The second-order valence-electron chi connectivity index (χ2n) is 11.0.